The van der Waals surface area contributed by atoms with Crippen LogP contribution in [-0.2, 0) is 16.1 Å². The molecule has 0 aliphatic rings. The Morgan fingerprint density at radius 3 is 2.88 bits per heavy atom. The summed E-state index contributed by atoms with van der Waals surface area (Å²) in [6.45, 7) is 3.82. The minimum absolute atomic E-state index is 0.0640. The predicted molar refractivity (Wildman–Crippen MR) is 61.7 cm³/mol. The number of carboxylic acids is 1. The largest absolute Gasteiger partial charge is 0.481 e. The van der Waals surface area contributed by atoms with Gasteiger partial charge in [-0.25, -0.2) is 0 Å². The Hall–Kier alpha value is -1.57. The molecule has 0 unspecified atom stereocenters. The number of thioether (sulfide) groups is 1. The summed E-state index contributed by atoms with van der Waals surface area (Å²) in [5, 5.41) is 19.1. The minimum atomic E-state index is -0.934. The summed E-state index contributed by atoms with van der Waals surface area (Å²) < 4.78 is 1.52. The van der Waals surface area contributed by atoms with Crippen LogP contribution in [0.25, 0.3) is 0 Å². The molecule has 0 saturated carbocycles. The van der Waals surface area contributed by atoms with Crippen LogP contribution in [0.1, 0.15) is 13.8 Å². The van der Waals surface area contributed by atoms with E-state index in [0.717, 1.165) is 11.8 Å². The van der Waals surface area contributed by atoms with E-state index >= 15 is 0 Å². The lowest BCUT2D eigenvalue weighted by Gasteiger charge is -2.09. The molecule has 1 aromatic rings. The van der Waals surface area contributed by atoms with Crippen LogP contribution in [0.5, 0.6) is 0 Å². The van der Waals surface area contributed by atoms with Gasteiger partial charge in [-0.05, 0) is 13.8 Å². The fraction of sp³-hybridized carbons (Fsp3) is 0.556. The van der Waals surface area contributed by atoms with E-state index in [0.29, 0.717) is 5.16 Å². The number of carbonyl (C=O) groups is 2. The van der Waals surface area contributed by atoms with Crippen molar-refractivity contribution < 1.29 is 14.7 Å². The number of aromatic nitrogens is 3. The molecule has 94 valence electrons. The van der Waals surface area contributed by atoms with Crippen LogP contribution in [0.3, 0.4) is 0 Å². The van der Waals surface area contributed by atoms with Crippen molar-refractivity contribution in [1.29, 1.82) is 0 Å². The van der Waals surface area contributed by atoms with Gasteiger partial charge in [0.2, 0.25) is 5.91 Å². The molecule has 0 aliphatic carbocycles. The second kappa shape index (κ2) is 6.24. The molecule has 0 atom stereocenters. The Morgan fingerprint density at radius 2 is 2.29 bits per heavy atom. The Labute approximate surface area is 103 Å². The molecular formula is C9H14N4O3S. The van der Waals surface area contributed by atoms with Crippen molar-refractivity contribution in [2.45, 2.75) is 31.6 Å². The molecule has 0 aromatic carbocycles. The van der Waals surface area contributed by atoms with E-state index in [2.05, 4.69) is 15.5 Å². The first kappa shape index (κ1) is 13.5. The van der Waals surface area contributed by atoms with Gasteiger partial charge in [-0.1, -0.05) is 11.8 Å². The topological polar surface area (TPSA) is 97.1 Å². The Bertz CT molecular complexity index is 405. The van der Waals surface area contributed by atoms with Crippen molar-refractivity contribution in [3.63, 3.8) is 0 Å². The first-order chi connectivity index (χ1) is 7.99. The zero-order valence-electron chi connectivity index (χ0n) is 9.58. The van der Waals surface area contributed by atoms with E-state index in [1.807, 2.05) is 13.8 Å². The number of amides is 1. The number of nitrogens with zero attached hydrogens (tertiary/aromatic N) is 3. The third kappa shape index (κ3) is 4.85. The van der Waals surface area contributed by atoms with Crippen LogP contribution in [0.4, 0.5) is 0 Å². The smallest absolute Gasteiger partial charge is 0.313 e. The highest BCUT2D eigenvalue weighted by molar-refractivity contribution is 7.99. The van der Waals surface area contributed by atoms with Gasteiger partial charge in [-0.2, -0.15) is 0 Å². The number of carboxylic acid groups (broad SMARTS) is 1. The molecular weight excluding hydrogens is 244 g/mol. The monoisotopic (exact) mass is 258 g/mol. The lowest BCUT2D eigenvalue weighted by atomic mass is 10.4. The Morgan fingerprint density at radius 1 is 1.59 bits per heavy atom. The molecule has 0 radical (unpaired) electrons. The standard InChI is InChI=1S/C9H14N4O3S/c1-6(2)11-7(14)3-13-5-10-12-9(13)17-4-8(15)16/h5-6H,3-4H2,1-2H3,(H,11,14)(H,15,16). The van der Waals surface area contributed by atoms with Crippen molar-refractivity contribution >= 4 is 23.6 Å². The van der Waals surface area contributed by atoms with Gasteiger partial charge in [0.05, 0.1) is 5.75 Å². The van der Waals surface area contributed by atoms with Gasteiger partial charge in [-0.3, -0.25) is 14.2 Å². The lowest BCUT2D eigenvalue weighted by Crippen LogP contribution is -2.33. The molecule has 0 fully saturated rings. The minimum Gasteiger partial charge on any atom is -0.481 e. The number of aliphatic carboxylic acids is 1. The predicted octanol–water partition coefficient (Wildman–Crippen LogP) is -0.0206. The van der Waals surface area contributed by atoms with Crippen molar-refractivity contribution in [2.24, 2.45) is 0 Å². The summed E-state index contributed by atoms with van der Waals surface area (Å²) in [6.07, 6.45) is 1.41. The van der Waals surface area contributed by atoms with E-state index < -0.39 is 5.97 Å². The van der Waals surface area contributed by atoms with Crippen molar-refractivity contribution in [3.8, 4) is 0 Å². The van der Waals surface area contributed by atoms with Gasteiger partial charge in [-0.15, -0.1) is 10.2 Å². The number of rotatable bonds is 6. The fourth-order valence-corrected chi connectivity index (χ4v) is 1.75. The normalized spacial score (nSPS) is 10.5. The van der Waals surface area contributed by atoms with Crippen LogP contribution in [0.2, 0.25) is 0 Å². The third-order valence-electron chi connectivity index (χ3n) is 1.67. The van der Waals surface area contributed by atoms with Gasteiger partial charge < -0.3 is 10.4 Å². The molecule has 0 saturated heterocycles. The average Bonchev–Trinajstić information content (AvgIpc) is 2.60. The lowest BCUT2D eigenvalue weighted by molar-refractivity contribution is -0.133. The number of carbonyl (C=O) groups excluding carboxylic acids is 1. The molecule has 8 heteroatoms. The molecule has 1 rings (SSSR count). The molecule has 0 aliphatic heterocycles. The van der Waals surface area contributed by atoms with Crippen LogP contribution >= 0.6 is 11.8 Å². The quantitative estimate of drug-likeness (QED) is 0.696. The summed E-state index contributed by atoms with van der Waals surface area (Å²) >= 11 is 1.03. The molecule has 17 heavy (non-hydrogen) atoms. The van der Waals surface area contributed by atoms with Gasteiger partial charge in [0.1, 0.15) is 12.9 Å². The first-order valence-corrected chi connectivity index (χ1v) is 5.99. The summed E-state index contributed by atoms with van der Waals surface area (Å²) in [4.78, 5) is 21.9. The van der Waals surface area contributed by atoms with Crippen molar-refractivity contribution in [3.05, 3.63) is 6.33 Å². The van der Waals surface area contributed by atoms with E-state index in [4.69, 9.17) is 5.11 Å². The molecule has 1 aromatic heterocycles. The second-order valence-electron chi connectivity index (χ2n) is 3.65. The molecule has 1 heterocycles. The molecule has 0 spiro atoms. The maximum Gasteiger partial charge on any atom is 0.313 e. The highest BCUT2D eigenvalue weighted by atomic mass is 32.2. The maximum absolute atomic E-state index is 11.5. The van der Waals surface area contributed by atoms with Gasteiger partial charge in [0.15, 0.2) is 5.16 Å². The number of hydrogen-bond acceptors (Lipinski definition) is 5. The van der Waals surface area contributed by atoms with Crippen LogP contribution in [0.15, 0.2) is 11.5 Å². The second-order valence-corrected chi connectivity index (χ2v) is 4.59. The fourth-order valence-electron chi connectivity index (χ4n) is 1.11. The van der Waals surface area contributed by atoms with Crippen LogP contribution in [-0.4, -0.2) is 43.5 Å². The van der Waals surface area contributed by atoms with Crippen LogP contribution < -0.4 is 5.32 Å². The zero-order chi connectivity index (χ0) is 12.8. The van der Waals surface area contributed by atoms with E-state index in [1.165, 1.54) is 10.9 Å². The Balaban J connectivity index is 2.56. The molecule has 7 nitrogen and oxygen atoms in total. The summed E-state index contributed by atoms with van der Waals surface area (Å²) in [5.41, 5.74) is 0. The van der Waals surface area contributed by atoms with Gasteiger partial charge >= 0.3 is 5.97 Å². The summed E-state index contributed by atoms with van der Waals surface area (Å²) in [7, 11) is 0. The van der Waals surface area contributed by atoms with Gasteiger partial charge in [0, 0.05) is 6.04 Å². The highest BCUT2D eigenvalue weighted by Gasteiger charge is 2.11. The Kier molecular flexibility index (Phi) is 4.95. The molecule has 1 amide bonds. The van der Waals surface area contributed by atoms with E-state index in [-0.39, 0.29) is 24.2 Å². The zero-order valence-corrected chi connectivity index (χ0v) is 10.4. The average molecular weight is 258 g/mol. The maximum atomic E-state index is 11.5. The SMILES string of the molecule is CC(C)NC(=O)Cn1cnnc1SCC(=O)O. The van der Waals surface area contributed by atoms with Crippen molar-refractivity contribution in [1.82, 2.24) is 20.1 Å². The van der Waals surface area contributed by atoms with Crippen molar-refractivity contribution in [2.75, 3.05) is 5.75 Å². The highest BCUT2D eigenvalue weighted by Crippen LogP contribution is 2.13. The summed E-state index contributed by atoms with van der Waals surface area (Å²) in [6, 6.07) is 0.0640. The summed E-state index contributed by atoms with van der Waals surface area (Å²) in [5.74, 6) is -1.20. The number of nitrogens with one attached hydrogen (secondary N) is 1. The van der Waals surface area contributed by atoms with E-state index in [9.17, 15) is 9.59 Å². The number of hydrogen-bond donors (Lipinski definition) is 2. The van der Waals surface area contributed by atoms with Gasteiger partial charge in [0.25, 0.3) is 0 Å². The molecule has 0 bridgehead atoms. The third-order valence-corrected chi connectivity index (χ3v) is 2.63. The molecule has 2 N–H and O–H groups in total. The van der Waals surface area contributed by atoms with E-state index in [1.54, 1.807) is 0 Å². The first-order valence-electron chi connectivity index (χ1n) is 5.00. The van der Waals surface area contributed by atoms with Crippen LogP contribution in [0, 0.1) is 0 Å².